The van der Waals surface area contributed by atoms with E-state index in [2.05, 4.69) is 44.9 Å². The van der Waals surface area contributed by atoms with Crippen molar-refractivity contribution in [2.75, 3.05) is 18.5 Å². The molecule has 0 unspecified atom stereocenters. The fourth-order valence-electron chi connectivity index (χ4n) is 2.24. The predicted octanol–water partition coefficient (Wildman–Crippen LogP) is 3.75. The Kier molecular flexibility index (Phi) is 4.45. The van der Waals surface area contributed by atoms with E-state index in [4.69, 9.17) is 10.7 Å². The highest BCUT2D eigenvalue weighted by atomic mass is 32.1. The van der Waals surface area contributed by atoms with Crippen molar-refractivity contribution >= 4 is 16.5 Å². The van der Waals surface area contributed by atoms with E-state index in [-0.39, 0.29) is 5.41 Å². The quantitative estimate of drug-likeness (QED) is 0.932. The van der Waals surface area contributed by atoms with Crippen LogP contribution in [0.1, 0.15) is 25.6 Å². The van der Waals surface area contributed by atoms with Gasteiger partial charge >= 0.3 is 0 Å². The lowest BCUT2D eigenvalue weighted by Gasteiger charge is -2.26. The van der Waals surface area contributed by atoms with Crippen LogP contribution in [0.2, 0.25) is 0 Å². The van der Waals surface area contributed by atoms with Crippen molar-refractivity contribution < 1.29 is 0 Å². The SMILES string of the molecule is CN(CC(C)(C)C)c1nc(-c2ccccc2)c(CN)s1. The lowest BCUT2D eigenvalue weighted by Crippen LogP contribution is -2.28. The second kappa shape index (κ2) is 5.94. The second-order valence-electron chi connectivity index (χ2n) is 6.26. The van der Waals surface area contributed by atoms with E-state index in [1.165, 1.54) is 0 Å². The number of aromatic nitrogens is 1. The summed E-state index contributed by atoms with van der Waals surface area (Å²) in [5, 5.41) is 1.04. The van der Waals surface area contributed by atoms with Crippen molar-refractivity contribution in [3.8, 4) is 11.3 Å². The number of hydrogen-bond donors (Lipinski definition) is 1. The molecular formula is C16H23N3S. The van der Waals surface area contributed by atoms with Gasteiger partial charge in [0.25, 0.3) is 0 Å². The molecule has 0 fully saturated rings. The Hall–Kier alpha value is -1.39. The van der Waals surface area contributed by atoms with Crippen molar-refractivity contribution in [3.05, 3.63) is 35.2 Å². The van der Waals surface area contributed by atoms with Crippen LogP contribution in [-0.4, -0.2) is 18.6 Å². The Balaban J connectivity index is 2.32. The van der Waals surface area contributed by atoms with Crippen molar-refractivity contribution in [1.82, 2.24) is 4.98 Å². The largest absolute Gasteiger partial charge is 0.351 e. The molecule has 0 saturated heterocycles. The maximum atomic E-state index is 5.88. The molecule has 108 valence electrons. The van der Waals surface area contributed by atoms with Crippen LogP contribution >= 0.6 is 11.3 Å². The van der Waals surface area contributed by atoms with E-state index < -0.39 is 0 Å². The van der Waals surface area contributed by atoms with Crippen LogP contribution in [0.5, 0.6) is 0 Å². The fourth-order valence-corrected chi connectivity index (χ4v) is 3.16. The number of benzene rings is 1. The monoisotopic (exact) mass is 289 g/mol. The van der Waals surface area contributed by atoms with Gasteiger partial charge in [-0.15, -0.1) is 0 Å². The Bertz CT molecular complexity index is 555. The van der Waals surface area contributed by atoms with Gasteiger partial charge in [0.2, 0.25) is 0 Å². The normalized spacial score (nSPS) is 11.7. The third-order valence-corrected chi connectivity index (χ3v) is 4.15. The van der Waals surface area contributed by atoms with E-state index in [9.17, 15) is 0 Å². The summed E-state index contributed by atoms with van der Waals surface area (Å²) in [5.74, 6) is 0. The van der Waals surface area contributed by atoms with E-state index in [1.807, 2.05) is 18.2 Å². The van der Waals surface area contributed by atoms with Crippen LogP contribution in [0.4, 0.5) is 5.13 Å². The standard InChI is InChI=1S/C16H23N3S/c1-16(2,3)11-19(4)15-18-14(13(10-17)20-15)12-8-6-5-7-9-12/h5-9H,10-11,17H2,1-4H3. The summed E-state index contributed by atoms with van der Waals surface area (Å²) in [6.45, 7) is 8.21. The van der Waals surface area contributed by atoms with Gasteiger partial charge in [-0.05, 0) is 5.41 Å². The molecule has 4 heteroatoms. The molecule has 0 spiro atoms. The lowest BCUT2D eigenvalue weighted by molar-refractivity contribution is 0.419. The number of nitrogens with two attached hydrogens (primary N) is 1. The first-order chi connectivity index (χ1) is 9.40. The first kappa shape index (κ1) is 15.0. The van der Waals surface area contributed by atoms with Crippen LogP contribution in [0.25, 0.3) is 11.3 Å². The van der Waals surface area contributed by atoms with E-state index in [1.54, 1.807) is 11.3 Å². The molecule has 20 heavy (non-hydrogen) atoms. The van der Waals surface area contributed by atoms with Gasteiger partial charge in [0.1, 0.15) is 0 Å². The minimum atomic E-state index is 0.246. The molecule has 0 aliphatic heterocycles. The van der Waals surface area contributed by atoms with Gasteiger partial charge in [-0.2, -0.15) is 0 Å². The third kappa shape index (κ3) is 3.58. The molecule has 0 bridgehead atoms. The minimum absolute atomic E-state index is 0.246. The van der Waals surface area contributed by atoms with Crippen molar-refractivity contribution in [3.63, 3.8) is 0 Å². The van der Waals surface area contributed by atoms with E-state index in [0.29, 0.717) is 6.54 Å². The third-order valence-electron chi connectivity index (χ3n) is 2.96. The van der Waals surface area contributed by atoms with Gasteiger partial charge in [-0.1, -0.05) is 62.4 Å². The number of rotatable bonds is 4. The molecule has 2 rings (SSSR count). The van der Waals surface area contributed by atoms with E-state index >= 15 is 0 Å². The van der Waals surface area contributed by atoms with Crippen molar-refractivity contribution in [2.24, 2.45) is 11.1 Å². The summed E-state index contributed by atoms with van der Waals surface area (Å²) >= 11 is 1.69. The highest BCUT2D eigenvalue weighted by Crippen LogP contribution is 2.33. The first-order valence-corrected chi connectivity index (χ1v) is 7.69. The van der Waals surface area contributed by atoms with Crippen LogP contribution in [0.3, 0.4) is 0 Å². The zero-order valence-electron chi connectivity index (χ0n) is 12.7. The smallest absolute Gasteiger partial charge is 0.185 e. The summed E-state index contributed by atoms with van der Waals surface area (Å²) in [5.41, 5.74) is 8.29. The van der Waals surface area contributed by atoms with Crippen molar-refractivity contribution in [2.45, 2.75) is 27.3 Å². The van der Waals surface area contributed by atoms with Crippen LogP contribution in [0.15, 0.2) is 30.3 Å². The zero-order chi connectivity index (χ0) is 14.8. The number of nitrogens with zero attached hydrogens (tertiary/aromatic N) is 2. The Labute approximate surface area is 125 Å². The molecule has 0 aliphatic rings. The molecule has 2 N–H and O–H groups in total. The van der Waals surface area contributed by atoms with Gasteiger partial charge in [0.05, 0.1) is 5.69 Å². The molecule has 0 amide bonds. The Morgan fingerprint density at radius 2 is 1.85 bits per heavy atom. The molecule has 0 aliphatic carbocycles. The minimum Gasteiger partial charge on any atom is -0.351 e. The molecule has 1 heterocycles. The van der Waals surface area contributed by atoms with E-state index in [0.717, 1.165) is 27.8 Å². The Morgan fingerprint density at radius 1 is 1.20 bits per heavy atom. The fraction of sp³-hybridized carbons (Fsp3) is 0.438. The zero-order valence-corrected chi connectivity index (χ0v) is 13.5. The summed E-state index contributed by atoms with van der Waals surface area (Å²) in [7, 11) is 2.10. The lowest BCUT2D eigenvalue weighted by atomic mass is 9.96. The van der Waals surface area contributed by atoms with Gasteiger partial charge in [0.15, 0.2) is 5.13 Å². The highest BCUT2D eigenvalue weighted by Gasteiger charge is 2.18. The number of anilines is 1. The first-order valence-electron chi connectivity index (χ1n) is 6.87. The van der Waals surface area contributed by atoms with Crippen LogP contribution in [0, 0.1) is 5.41 Å². The van der Waals surface area contributed by atoms with Gasteiger partial charge in [0, 0.05) is 30.6 Å². The summed E-state index contributed by atoms with van der Waals surface area (Å²) < 4.78 is 0. The summed E-state index contributed by atoms with van der Waals surface area (Å²) in [6.07, 6.45) is 0. The molecule has 0 radical (unpaired) electrons. The molecule has 2 aromatic rings. The maximum absolute atomic E-state index is 5.88. The Morgan fingerprint density at radius 3 is 2.40 bits per heavy atom. The van der Waals surface area contributed by atoms with Crippen LogP contribution < -0.4 is 10.6 Å². The predicted molar refractivity (Wildman–Crippen MR) is 88.2 cm³/mol. The average molecular weight is 289 g/mol. The molecule has 3 nitrogen and oxygen atoms in total. The molecule has 1 aromatic carbocycles. The summed E-state index contributed by atoms with van der Waals surface area (Å²) in [4.78, 5) is 8.16. The number of thiazole rings is 1. The average Bonchev–Trinajstić information content (AvgIpc) is 2.82. The van der Waals surface area contributed by atoms with Crippen molar-refractivity contribution in [1.29, 1.82) is 0 Å². The second-order valence-corrected chi connectivity index (χ2v) is 7.32. The molecule has 1 aromatic heterocycles. The number of hydrogen-bond acceptors (Lipinski definition) is 4. The molecular weight excluding hydrogens is 266 g/mol. The van der Waals surface area contributed by atoms with Gasteiger partial charge < -0.3 is 10.6 Å². The highest BCUT2D eigenvalue weighted by molar-refractivity contribution is 7.16. The van der Waals surface area contributed by atoms with Gasteiger partial charge in [-0.25, -0.2) is 4.98 Å². The molecule has 0 saturated carbocycles. The van der Waals surface area contributed by atoms with Crippen LogP contribution in [-0.2, 0) is 6.54 Å². The maximum Gasteiger partial charge on any atom is 0.185 e. The summed E-state index contributed by atoms with van der Waals surface area (Å²) in [6, 6.07) is 10.3. The topological polar surface area (TPSA) is 42.2 Å². The van der Waals surface area contributed by atoms with Gasteiger partial charge in [-0.3, -0.25) is 0 Å². The molecule has 0 atom stereocenters.